The fourth-order valence-corrected chi connectivity index (χ4v) is 2.72. The molecule has 0 aromatic heterocycles. The van der Waals surface area contributed by atoms with Crippen molar-refractivity contribution in [2.45, 2.75) is 26.0 Å². The molecule has 0 saturated carbocycles. The summed E-state index contributed by atoms with van der Waals surface area (Å²) in [7, 11) is 0. The van der Waals surface area contributed by atoms with Gasteiger partial charge in [0.25, 0.3) is 0 Å². The molecule has 0 amide bonds. The van der Waals surface area contributed by atoms with Crippen molar-refractivity contribution in [2.75, 3.05) is 5.32 Å². The third kappa shape index (κ3) is 3.07. The molecular formula is C18H19NO2. The lowest BCUT2D eigenvalue weighted by atomic mass is 9.88. The maximum Gasteiger partial charge on any atom is 0.311 e. The van der Waals surface area contributed by atoms with E-state index in [1.807, 2.05) is 49.4 Å². The van der Waals surface area contributed by atoms with Crippen LogP contribution in [-0.2, 0) is 22.6 Å². The van der Waals surface area contributed by atoms with Crippen LogP contribution in [0.25, 0.3) is 0 Å². The highest BCUT2D eigenvalue weighted by molar-refractivity contribution is 5.76. The molecule has 0 bridgehead atoms. The lowest BCUT2D eigenvalue weighted by molar-refractivity contribution is -0.150. The number of anilines is 1. The van der Waals surface area contributed by atoms with Crippen LogP contribution >= 0.6 is 0 Å². The fraction of sp³-hybridized carbons (Fsp3) is 0.278. The minimum absolute atomic E-state index is 0.0863. The summed E-state index contributed by atoms with van der Waals surface area (Å²) in [5.41, 5.74) is 3.32. The van der Waals surface area contributed by atoms with E-state index in [1.54, 1.807) is 0 Å². The van der Waals surface area contributed by atoms with E-state index in [4.69, 9.17) is 4.74 Å². The minimum Gasteiger partial charge on any atom is -0.461 e. The molecule has 3 rings (SSSR count). The molecule has 2 aromatic carbocycles. The molecule has 0 aliphatic carbocycles. The Balaban J connectivity index is 1.65. The highest BCUT2D eigenvalue weighted by Crippen LogP contribution is 2.29. The van der Waals surface area contributed by atoms with Gasteiger partial charge in [-0.05, 0) is 30.5 Å². The van der Waals surface area contributed by atoms with Gasteiger partial charge < -0.3 is 10.1 Å². The SMILES string of the molecule is C[C@H]1Nc2ccccc2C[C@H]1C(=O)OCc1ccccc1. The molecule has 1 N–H and O–H groups in total. The third-order valence-electron chi connectivity index (χ3n) is 3.97. The number of ether oxygens (including phenoxy) is 1. The van der Waals surface area contributed by atoms with Crippen LogP contribution in [-0.4, -0.2) is 12.0 Å². The van der Waals surface area contributed by atoms with E-state index in [0.29, 0.717) is 6.61 Å². The highest BCUT2D eigenvalue weighted by atomic mass is 16.5. The van der Waals surface area contributed by atoms with Gasteiger partial charge in [-0.1, -0.05) is 48.5 Å². The summed E-state index contributed by atoms with van der Waals surface area (Å²) in [6.07, 6.45) is 0.734. The van der Waals surface area contributed by atoms with Crippen LogP contribution in [0.5, 0.6) is 0 Å². The van der Waals surface area contributed by atoms with Crippen molar-refractivity contribution >= 4 is 11.7 Å². The zero-order valence-corrected chi connectivity index (χ0v) is 12.1. The van der Waals surface area contributed by atoms with Crippen molar-refractivity contribution in [1.82, 2.24) is 0 Å². The Morgan fingerprint density at radius 1 is 1.14 bits per heavy atom. The van der Waals surface area contributed by atoms with Crippen LogP contribution in [0.4, 0.5) is 5.69 Å². The number of carbonyl (C=O) groups excluding carboxylic acids is 1. The Morgan fingerprint density at radius 2 is 1.86 bits per heavy atom. The molecule has 2 aromatic rings. The standard InChI is InChI=1S/C18H19NO2/c1-13-16(11-15-9-5-6-10-17(15)19-13)18(20)21-12-14-7-3-2-4-8-14/h2-10,13,16,19H,11-12H2,1H3/t13-,16-/m1/s1. The summed E-state index contributed by atoms with van der Waals surface area (Å²) >= 11 is 0. The second-order valence-electron chi connectivity index (χ2n) is 5.49. The molecule has 0 fully saturated rings. The van der Waals surface area contributed by atoms with Crippen molar-refractivity contribution in [3.63, 3.8) is 0 Å². The van der Waals surface area contributed by atoms with Crippen LogP contribution in [0, 0.1) is 5.92 Å². The molecule has 1 aliphatic rings. The van der Waals surface area contributed by atoms with Crippen molar-refractivity contribution in [1.29, 1.82) is 0 Å². The molecule has 1 heterocycles. The van der Waals surface area contributed by atoms with Gasteiger partial charge in [-0.25, -0.2) is 0 Å². The predicted octanol–water partition coefficient (Wildman–Crippen LogP) is 3.40. The zero-order chi connectivity index (χ0) is 14.7. The summed E-state index contributed by atoms with van der Waals surface area (Å²) in [4.78, 5) is 12.3. The van der Waals surface area contributed by atoms with Gasteiger partial charge in [-0.2, -0.15) is 0 Å². The zero-order valence-electron chi connectivity index (χ0n) is 12.1. The lowest BCUT2D eigenvalue weighted by Crippen LogP contribution is -2.38. The molecule has 0 unspecified atom stereocenters. The van der Waals surface area contributed by atoms with Gasteiger partial charge in [0.2, 0.25) is 0 Å². The van der Waals surface area contributed by atoms with E-state index < -0.39 is 0 Å². The average Bonchev–Trinajstić information content (AvgIpc) is 2.53. The number of carbonyl (C=O) groups is 1. The van der Waals surface area contributed by atoms with Crippen LogP contribution in [0.1, 0.15) is 18.1 Å². The van der Waals surface area contributed by atoms with Gasteiger partial charge in [0, 0.05) is 11.7 Å². The molecule has 0 saturated heterocycles. The number of hydrogen-bond donors (Lipinski definition) is 1. The van der Waals surface area contributed by atoms with E-state index in [9.17, 15) is 4.79 Å². The van der Waals surface area contributed by atoms with Crippen LogP contribution in [0.3, 0.4) is 0 Å². The van der Waals surface area contributed by atoms with Crippen molar-refractivity contribution < 1.29 is 9.53 Å². The highest BCUT2D eigenvalue weighted by Gasteiger charge is 2.31. The van der Waals surface area contributed by atoms with E-state index in [0.717, 1.165) is 17.7 Å². The van der Waals surface area contributed by atoms with Gasteiger partial charge in [-0.15, -0.1) is 0 Å². The predicted molar refractivity (Wildman–Crippen MR) is 83.0 cm³/mol. The van der Waals surface area contributed by atoms with E-state index in [-0.39, 0.29) is 17.9 Å². The van der Waals surface area contributed by atoms with E-state index in [2.05, 4.69) is 17.4 Å². The Kier molecular flexibility index (Phi) is 3.91. The number of rotatable bonds is 3. The Morgan fingerprint density at radius 3 is 2.67 bits per heavy atom. The normalized spacial score (nSPS) is 20.2. The Labute approximate surface area is 124 Å². The fourth-order valence-electron chi connectivity index (χ4n) is 2.72. The molecule has 3 nitrogen and oxygen atoms in total. The smallest absolute Gasteiger partial charge is 0.311 e. The van der Waals surface area contributed by atoms with Gasteiger partial charge in [0.15, 0.2) is 0 Å². The number of esters is 1. The molecule has 2 atom stereocenters. The Hall–Kier alpha value is -2.29. The van der Waals surface area contributed by atoms with E-state index >= 15 is 0 Å². The minimum atomic E-state index is -0.136. The number of hydrogen-bond acceptors (Lipinski definition) is 3. The first kappa shape index (κ1) is 13.7. The third-order valence-corrected chi connectivity index (χ3v) is 3.97. The molecular weight excluding hydrogens is 262 g/mol. The van der Waals surface area contributed by atoms with Crippen molar-refractivity contribution in [3.8, 4) is 0 Å². The molecule has 21 heavy (non-hydrogen) atoms. The van der Waals surface area contributed by atoms with Gasteiger partial charge in [0.05, 0.1) is 5.92 Å². The Bertz CT molecular complexity index is 624. The van der Waals surface area contributed by atoms with Gasteiger partial charge >= 0.3 is 5.97 Å². The first-order valence-corrected chi connectivity index (χ1v) is 7.29. The maximum absolute atomic E-state index is 12.3. The first-order valence-electron chi connectivity index (χ1n) is 7.29. The molecule has 3 heteroatoms. The monoisotopic (exact) mass is 281 g/mol. The summed E-state index contributed by atoms with van der Waals surface area (Å²) in [6, 6.07) is 18.0. The summed E-state index contributed by atoms with van der Waals surface area (Å²) in [5, 5.41) is 3.39. The van der Waals surface area contributed by atoms with Crippen LogP contribution in [0.2, 0.25) is 0 Å². The van der Waals surface area contributed by atoms with Crippen molar-refractivity contribution in [3.05, 3.63) is 65.7 Å². The van der Waals surface area contributed by atoms with E-state index in [1.165, 1.54) is 5.56 Å². The van der Waals surface area contributed by atoms with Crippen LogP contribution in [0.15, 0.2) is 54.6 Å². The second kappa shape index (κ2) is 6.00. The van der Waals surface area contributed by atoms with Crippen molar-refractivity contribution in [2.24, 2.45) is 5.92 Å². The number of para-hydroxylation sites is 1. The molecule has 0 spiro atoms. The maximum atomic E-state index is 12.3. The summed E-state index contributed by atoms with van der Waals surface area (Å²) < 4.78 is 5.47. The second-order valence-corrected chi connectivity index (χ2v) is 5.49. The van der Waals surface area contributed by atoms with Gasteiger partial charge in [-0.3, -0.25) is 4.79 Å². The first-order chi connectivity index (χ1) is 10.2. The summed E-state index contributed by atoms with van der Waals surface area (Å²) in [6.45, 7) is 2.37. The summed E-state index contributed by atoms with van der Waals surface area (Å²) in [5.74, 6) is -0.267. The number of nitrogens with one attached hydrogen (secondary N) is 1. The van der Waals surface area contributed by atoms with Crippen LogP contribution < -0.4 is 5.32 Å². The average molecular weight is 281 g/mol. The lowest BCUT2D eigenvalue weighted by Gasteiger charge is -2.30. The molecule has 1 aliphatic heterocycles. The number of fused-ring (bicyclic) bond motifs is 1. The largest absolute Gasteiger partial charge is 0.461 e. The topological polar surface area (TPSA) is 38.3 Å². The number of benzene rings is 2. The van der Waals surface area contributed by atoms with Gasteiger partial charge in [0.1, 0.15) is 6.61 Å². The quantitative estimate of drug-likeness (QED) is 0.876. The molecule has 108 valence electrons. The molecule has 0 radical (unpaired) electrons.